The van der Waals surface area contributed by atoms with Crippen LogP contribution in [0.5, 0.6) is 0 Å². The number of unbranched alkanes of at least 4 members (excludes halogenated alkanes) is 6. The highest BCUT2D eigenvalue weighted by Gasteiger charge is 2.22. The minimum atomic E-state index is -2.17. The summed E-state index contributed by atoms with van der Waals surface area (Å²) >= 11 is 0. The zero-order valence-corrected chi connectivity index (χ0v) is 13.4. The predicted octanol–water partition coefficient (Wildman–Crippen LogP) is 3.41. The summed E-state index contributed by atoms with van der Waals surface area (Å²) in [6.45, 7) is 6.60. The summed E-state index contributed by atoms with van der Waals surface area (Å²) < 4.78 is 0. The Morgan fingerprint density at radius 1 is 0.850 bits per heavy atom. The van der Waals surface area contributed by atoms with Gasteiger partial charge in [0.2, 0.25) is 0 Å². The van der Waals surface area contributed by atoms with Crippen LogP contribution in [0.4, 0.5) is 0 Å². The summed E-state index contributed by atoms with van der Waals surface area (Å²) in [4.78, 5) is 0. The molecule has 0 spiro atoms. The lowest BCUT2D eigenvalue weighted by Crippen LogP contribution is -2.13. The number of nitrogens with zero attached hydrogens (tertiary/aromatic N) is 1. The Hall–Kier alpha value is -0.565. The monoisotopic (exact) mass is 285 g/mol. The quantitative estimate of drug-likeness (QED) is 0.424. The molecule has 0 unspecified atom stereocenters. The molecule has 0 aliphatic heterocycles. The standard InChI is InChI=1S/C15H29N.BH3O3/c1-4-6-8-10-12-15(3,14-16)13-11-9-7-5-2;2-1(3)4/h4-13H2,1-3H3;2-4H. The van der Waals surface area contributed by atoms with Gasteiger partial charge in [0.05, 0.1) is 11.5 Å². The van der Waals surface area contributed by atoms with Gasteiger partial charge in [-0.05, 0) is 19.8 Å². The van der Waals surface area contributed by atoms with E-state index in [1.54, 1.807) is 0 Å². The molecule has 0 aliphatic carbocycles. The zero-order chi connectivity index (χ0) is 15.9. The van der Waals surface area contributed by atoms with Crippen LogP contribution < -0.4 is 0 Å². The molecule has 0 rings (SSSR count). The lowest BCUT2D eigenvalue weighted by Gasteiger charge is -2.21. The Balaban J connectivity index is 0. The molecule has 0 aromatic rings. The van der Waals surface area contributed by atoms with Gasteiger partial charge < -0.3 is 15.1 Å². The van der Waals surface area contributed by atoms with Crippen LogP contribution in [-0.4, -0.2) is 22.4 Å². The summed E-state index contributed by atoms with van der Waals surface area (Å²) in [7, 11) is -2.17. The average molecular weight is 285 g/mol. The Labute approximate surface area is 125 Å². The third-order valence-corrected chi connectivity index (χ3v) is 3.43. The average Bonchev–Trinajstić information content (AvgIpc) is 2.39. The van der Waals surface area contributed by atoms with Crippen LogP contribution in [0.2, 0.25) is 0 Å². The molecule has 0 amide bonds. The highest BCUT2D eigenvalue weighted by molar-refractivity contribution is 6.30. The molecule has 0 aromatic heterocycles. The van der Waals surface area contributed by atoms with Crippen LogP contribution >= 0.6 is 0 Å². The van der Waals surface area contributed by atoms with Gasteiger partial charge in [0.1, 0.15) is 0 Å². The number of hydrogen-bond donors (Lipinski definition) is 3. The third-order valence-electron chi connectivity index (χ3n) is 3.43. The van der Waals surface area contributed by atoms with E-state index in [0.717, 1.165) is 12.8 Å². The molecule has 0 aromatic carbocycles. The Kier molecular flexibility index (Phi) is 16.1. The van der Waals surface area contributed by atoms with Gasteiger partial charge in [-0.1, -0.05) is 65.2 Å². The van der Waals surface area contributed by atoms with Crippen LogP contribution in [0.1, 0.15) is 85.0 Å². The Morgan fingerprint density at radius 3 is 1.45 bits per heavy atom. The van der Waals surface area contributed by atoms with Crippen molar-refractivity contribution in [3.8, 4) is 6.07 Å². The first kappa shape index (κ1) is 21.7. The first-order chi connectivity index (χ1) is 9.41. The minimum absolute atomic E-state index is 0.0541. The topological polar surface area (TPSA) is 84.5 Å². The fourth-order valence-electron chi connectivity index (χ4n) is 2.12. The molecule has 0 fully saturated rings. The van der Waals surface area contributed by atoms with Gasteiger partial charge in [-0.2, -0.15) is 5.26 Å². The van der Waals surface area contributed by atoms with Crippen molar-refractivity contribution >= 4 is 7.32 Å². The largest absolute Gasteiger partial charge is 0.631 e. The molecule has 5 heteroatoms. The van der Waals surface area contributed by atoms with Gasteiger partial charge >= 0.3 is 7.32 Å². The number of rotatable bonds is 10. The highest BCUT2D eigenvalue weighted by atomic mass is 16.5. The first-order valence-electron chi connectivity index (χ1n) is 7.87. The number of hydrogen-bond acceptors (Lipinski definition) is 4. The van der Waals surface area contributed by atoms with Crippen molar-refractivity contribution in [3.63, 3.8) is 0 Å². The van der Waals surface area contributed by atoms with E-state index in [0.29, 0.717) is 0 Å². The van der Waals surface area contributed by atoms with Crippen molar-refractivity contribution in [1.82, 2.24) is 0 Å². The van der Waals surface area contributed by atoms with E-state index in [2.05, 4.69) is 26.8 Å². The van der Waals surface area contributed by atoms with Gasteiger partial charge in [0, 0.05) is 0 Å². The molecule has 0 aliphatic rings. The van der Waals surface area contributed by atoms with Gasteiger partial charge in [0.25, 0.3) is 0 Å². The van der Waals surface area contributed by atoms with Crippen LogP contribution in [0.3, 0.4) is 0 Å². The van der Waals surface area contributed by atoms with E-state index in [-0.39, 0.29) is 5.41 Å². The molecule has 0 atom stereocenters. The molecular formula is C15H32BNO3. The zero-order valence-electron chi connectivity index (χ0n) is 13.4. The smallest absolute Gasteiger partial charge is 0.402 e. The second-order valence-electron chi connectivity index (χ2n) is 5.64. The maximum Gasteiger partial charge on any atom is 0.631 e. The normalized spacial score (nSPS) is 10.4. The maximum atomic E-state index is 9.25. The fraction of sp³-hybridized carbons (Fsp3) is 0.933. The molecule has 0 saturated heterocycles. The van der Waals surface area contributed by atoms with Crippen LogP contribution in [-0.2, 0) is 0 Å². The van der Waals surface area contributed by atoms with E-state index in [1.165, 1.54) is 51.4 Å². The molecule has 0 bridgehead atoms. The Bertz CT molecular complexity index is 227. The van der Waals surface area contributed by atoms with Gasteiger partial charge in [0.15, 0.2) is 0 Å². The maximum absolute atomic E-state index is 9.25. The van der Waals surface area contributed by atoms with Crippen molar-refractivity contribution in [2.45, 2.75) is 85.0 Å². The Morgan fingerprint density at radius 2 is 1.20 bits per heavy atom. The van der Waals surface area contributed by atoms with E-state index in [1.807, 2.05) is 0 Å². The second kappa shape index (κ2) is 14.8. The van der Waals surface area contributed by atoms with E-state index in [9.17, 15) is 5.26 Å². The summed E-state index contributed by atoms with van der Waals surface area (Å²) in [5.74, 6) is 0. The second-order valence-corrected chi connectivity index (χ2v) is 5.64. The molecular weight excluding hydrogens is 253 g/mol. The summed E-state index contributed by atoms with van der Waals surface area (Å²) in [6.07, 6.45) is 12.4. The van der Waals surface area contributed by atoms with E-state index < -0.39 is 7.32 Å². The lowest BCUT2D eigenvalue weighted by atomic mass is 9.81. The molecule has 4 nitrogen and oxygen atoms in total. The first-order valence-corrected chi connectivity index (χ1v) is 7.87. The van der Waals surface area contributed by atoms with Gasteiger partial charge in [-0.25, -0.2) is 0 Å². The molecule has 20 heavy (non-hydrogen) atoms. The van der Waals surface area contributed by atoms with E-state index in [4.69, 9.17) is 15.1 Å². The number of nitriles is 1. The van der Waals surface area contributed by atoms with Crippen LogP contribution in [0.15, 0.2) is 0 Å². The van der Waals surface area contributed by atoms with Crippen molar-refractivity contribution < 1.29 is 15.1 Å². The third kappa shape index (κ3) is 17.4. The summed E-state index contributed by atoms with van der Waals surface area (Å²) in [6, 6.07) is 2.53. The molecule has 3 N–H and O–H groups in total. The van der Waals surface area contributed by atoms with Gasteiger partial charge in [-0.3, -0.25) is 0 Å². The van der Waals surface area contributed by atoms with E-state index >= 15 is 0 Å². The minimum Gasteiger partial charge on any atom is -0.402 e. The summed E-state index contributed by atoms with van der Waals surface area (Å²) in [5, 5.41) is 30.7. The molecule has 118 valence electrons. The SMILES string of the molecule is CCCCCCC(C)(C#N)CCCCCC.OB(O)O. The molecule has 0 radical (unpaired) electrons. The summed E-state index contributed by atoms with van der Waals surface area (Å²) in [5.41, 5.74) is -0.0541. The van der Waals surface area contributed by atoms with Crippen molar-refractivity contribution in [1.29, 1.82) is 5.26 Å². The van der Waals surface area contributed by atoms with Crippen LogP contribution in [0, 0.1) is 16.7 Å². The molecule has 0 saturated carbocycles. The van der Waals surface area contributed by atoms with Crippen molar-refractivity contribution in [2.75, 3.05) is 0 Å². The highest BCUT2D eigenvalue weighted by Crippen LogP contribution is 2.30. The van der Waals surface area contributed by atoms with Crippen molar-refractivity contribution in [3.05, 3.63) is 0 Å². The van der Waals surface area contributed by atoms with Gasteiger partial charge in [-0.15, -0.1) is 0 Å². The predicted molar refractivity (Wildman–Crippen MR) is 83.6 cm³/mol. The molecule has 0 heterocycles. The fourth-order valence-corrected chi connectivity index (χ4v) is 2.12. The van der Waals surface area contributed by atoms with Crippen molar-refractivity contribution in [2.24, 2.45) is 5.41 Å². The lowest BCUT2D eigenvalue weighted by molar-refractivity contribution is 0.278. The van der Waals surface area contributed by atoms with Crippen LogP contribution in [0.25, 0.3) is 0 Å².